The van der Waals surface area contributed by atoms with Gasteiger partial charge in [0.25, 0.3) is 0 Å². The van der Waals surface area contributed by atoms with E-state index in [1.165, 1.54) is 24.1 Å². The predicted octanol–water partition coefficient (Wildman–Crippen LogP) is 2.47. The molecular weight excluding hydrogens is 236 g/mol. The molecule has 3 rings (SSSR count). The zero-order chi connectivity index (χ0) is 13.1. The van der Waals surface area contributed by atoms with Gasteiger partial charge >= 0.3 is 0 Å². The average Bonchev–Trinajstić information content (AvgIpc) is 2.90. The van der Waals surface area contributed by atoms with Crippen molar-refractivity contribution in [2.45, 2.75) is 45.3 Å². The molecule has 0 amide bonds. The van der Waals surface area contributed by atoms with Crippen LogP contribution < -0.4 is 5.32 Å². The van der Waals surface area contributed by atoms with Gasteiger partial charge in [0.1, 0.15) is 0 Å². The summed E-state index contributed by atoms with van der Waals surface area (Å²) in [6, 6.07) is 6.47. The molecule has 1 aliphatic carbocycles. The molecule has 0 radical (unpaired) electrons. The Bertz CT molecular complexity index is 532. The zero-order valence-corrected chi connectivity index (χ0v) is 11.3. The van der Waals surface area contributed by atoms with Crippen LogP contribution in [0.5, 0.6) is 0 Å². The fourth-order valence-corrected chi connectivity index (χ4v) is 2.83. The van der Waals surface area contributed by atoms with Crippen molar-refractivity contribution < 1.29 is 0 Å². The minimum atomic E-state index is 0.422. The molecule has 4 heteroatoms. The Kier molecular flexibility index (Phi) is 3.60. The minimum absolute atomic E-state index is 0.422. The van der Waals surface area contributed by atoms with Crippen LogP contribution in [0.15, 0.2) is 30.6 Å². The molecule has 0 fully saturated rings. The fraction of sp³-hybridized carbons (Fsp3) is 0.467. The van der Waals surface area contributed by atoms with Crippen molar-refractivity contribution in [3.05, 3.63) is 47.5 Å². The van der Waals surface area contributed by atoms with E-state index in [0.717, 1.165) is 25.2 Å². The zero-order valence-electron chi connectivity index (χ0n) is 11.3. The molecule has 1 aliphatic rings. The summed E-state index contributed by atoms with van der Waals surface area (Å²) < 4.78 is 2.13. The van der Waals surface area contributed by atoms with Crippen LogP contribution in [0.4, 0.5) is 0 Å². The lowest BCUT2D eigenvalue weighted by molar-refractivity contribution is 0.445. The first kappa shape index (κ1) is 12.4. The third kappa shape index (κ3) is 2.54. The molecule has 0 saturated heterocycles. The molecule has 0 aliphatic heterocycles. The quantitative estimate of drug-likeness (QED) is 0.913. The standard InChI is InChI=1S/C15H20N4/c1-2-19-15-8-5-7-14(13(15)11-18-19)17-10-12-6-3-4-9-16-12/h3-4,6,9,11,14,17H,2,5,7-8,10H2,1H3. The van der Waals surface area contributed by atoms with E-state index in [0.29, 0.717) is 6.04 Å². The average molecular weight is 256 g/mol. The van der Waals surface area contributed by atoms with Crippen molar-refractivity contribution in [3.63, 3.8) is 0 Å². The van der Waals surface area contributed by atoms with Gasteiger partial charge in [-0.1, -0.05) is 6.07 Å². The molecule has 1 atom stereocenters. The SMILES string of the molecule is CCn1ncc2c1CCCC2NCc1ccccn1. The van der Waals surface area contributed by atoms with Crippen molar-refractivity contribution >= 4 is 0 Å². The van der Waals surface area contributed by atoms with Crippen molar-refractivity contribution in [1.29, 1.82) is 0 Å². The summed E-state index contributed by atoms with van der Waals surface area (Å²) in [6.07, 6.45) is 7.46. The highest BCUT2D eigenvalue weighted by Crippen LogP contribution is 2.29. The summed E-state index contributed by atoms with van der Waals surface area (Å²) in [5.41, 5.74) is 3.88. The molecule has 2 aromatic rings. The van der Waals surface area contributed by atoms with E-state index >= 15 is 0 Å². The summed E-state index contributed by atoms with van der Waals surface area (Å²) in [5, 5.41) is 8.10. The largest absolute Gasteiger partial charge is 0.304 e. The summed E-state index contributed by atoms with van der Waals surface area (Å²) in [4.78, 5) is 4.36. The van der Waals surface area contributed by atoms with Gasteiger partial charge in [0.2, 0.25) is 0 Å². The fourth-order valence-electron chi connectivity index (χ4n) is 2.83. The third-order valence-electron chi connectivity index (χ3n) is 3.82. The highest BCUT2D eigenvalue weighted by Gasteiger charge is 2.23. The van der Waals surface area contributed by atoms with Crippen LogP contribution in [-0.4, -0.2) is 14.8 Å². The van der Waals surface area contributed by atoms with Gasteiger partial charge in [-0.3, -0.25) is 9.67 Å². The first-order valence-electron chi connectivity index (χ1n) is 7.06. The normalized spacial score (nSPS) is 18.3. The molecule has 0 aromatic carbocycles. The molecule has 2 heterocycles. The number of hydrogen-bond donors (Lipinski definition) is 1. The second-order valence-corrected chi connectivity index (χ2v) is 5.01. The van der Waals surface area contributed by atoms with Crippen molar-refractivity contribution in [2.24, 2.45) is 0 Å². The van der Waals surface area contributed by atoms with Crippen LogP contribution in [0.3, 0.4) is 0 Å². The first-order valence-corrected chi connectivity index (χ1v) is 7.06. The molecule has 4 nitrogen and oxygen atoms in total. The highest BCUT2D eigenvalue weighted by molar-refractivity contribution is 5.25. The Morgan fingerprint density at radius 3 is 3.16 bits per heavy atom. The summed E-state index contributed by atoms with van der Waals surface area (Å²) in [6.45, 7) is 3.93. The maximum Gasteiger partial charge on any atom is 0.0541 e. The number of pyridine rings is 1. The number of aromatic nitrogens is 3. The van der Waals surface area contributed by atoms with Gasteiger partial charge in [0, 0.05) is 36.6 Å². The van der Waals surface area contributed by atoms with Gasteiger partial charge in [0.05, 0.1) is 11.9 Å². The highest BCUT2D eigenvalue weighted by atomic mass is 15.3. The predicted molar refractivity (Wildman–Crippen MR) is 74.7 cm³/mol. The monoisotopic (exact) mass is 256 g/mol. The molecule has 100 valence electrons. The van der Waals surface area contributed by atoms with Crippen molar-refractivity contribution in [3.8, 4) is 0 Å². The summed E-state index contributed by atoms with van der Waals surface area (Å²) in [5.74, 6) is 0. The van der Waals surface area contributed by atoms with E-state index in [1.54, 1.807) is 0 Å². The second kappa shape index (κ2) is 5.53. The van der Waals surface area contributed by atoms with E-state index in [-0.39, 0.29) is 0 Å². The second-order valence-electron chi connectivity index (χ2n) is 5.01. The third-order valence-corrected chi connectivity index (χ3v) is 3.82. The van der Waals surface area contributed by atoms with Gasteiger partial charge in [0.15, 0.2) is 0 Å². The first-order chi connectivity index (χ1) is 9.38. The van der Waals surface area contributed by atoms with Gasteiger partial charge in [-0.15, -0.1) is 0 Å². The maximum absolute atomic E-state index is 4.48. The van der Waals surface area contributed by atoms with E-state index in [9.17, 15) is 0 Å². The molecule has 0 bridgehead atoms. The molecule has 2 aromatic heterocycles. The number of rotatable bonds is 4. The van der Waals surface area contributed by atoms with Crippen LogP contribution in [0, 0.1) is 0 Å². The smallest absolute Gasteiger partial charge is 0.0541 e. The Morgan fingerprint density at radius 2 is 2.37 bits per heavy atom. The van der Waals surface area contributed by atoms with E-state index < -0.39 is 0 Å². The Hall–Kier alpha value is -1.68. The van der Waals surface area contributed by atoms with Crippen LogP contribution in [-0.2, 0) is 19.5 Å². The molecule has 0 saturated carbocycles. The molecular formula is C15H20N4. The van der Waals surface area contributed by atoms with Gasteiger partial charge in [-0.2, -0.15) is 5.10 Å². The number of nitrogens with zero attached hydrogens (tertiary/aromatic N) is 3. The van der Waals surface area contributed by atoms with Crippen molar-refractivity contribution in [1.82, 2.24) is 20.1 Å². The maximum atomic E-state index is 4.48. The van der Waals surface area contributed by atoms with Gasteiger partial charge in [-0.25, -0.2) is 0 Å². The lowest BCUT2D eigenvalue weighted by Crippen LogP contribution is -2.25. The number of aryl methyl sites for hydroxylation is 1. The molecule has 19 heavy (non-hydrogen) atoms. The Balaban J connectivity index is 1.72. The van der Waals surface area contributed by atoms with Crippen LogP contribution in [0.1, 0.15) is 42.8 Å². The Labute approximate surface area is 113 Å². The van der Waals surface area contributed by atoms with Gasteiger partial charge < -0.3 is 5.32 Å². The summed E-state index contributed by atoms with van der Waals surface area (Å²) >= 11 is 0. The van der Waals surface area contributed by atoms with Crippen molar-refractivity contribution in [2.75, 3.05) is 0 Å². The molecule has 0 spiro atoms. The lowest BCUT2D eigenvalue weighted by Gasteiger charge is -2.24. The summed E-state index contributed by atoms with van der Waals surface area (Å²) in [7, 11) is 0. The number of fused-ring (bicyclic) bond motifs is 1. The van der Waals surface area contributed by atoms with E-state index in [2.05, 4.69) is 33.1 Å². The van der Waals surface area contributed by atoms with Gasteiger partial charge in [-0.05, 0) is 38.3 Å². The lowest BCUT2D eigenvalue weighted by atomic mass is 9.93. The van der Waals surface area contributed by atoms with E-state index in [1.807, 2.05) is 24.5 Å². The van der Waals surface area contributed by atoms with Crippen LogP contribution in [0.2, 0.25) is 0 Å². The molecule has 1 unspecified atom stereocenters. The molecule has 1 N–H and O–H groups in total. The Morgan fingerprint density at radius 1 is 1.42 bits per heavy atom. The van der Waals surface area contributed by atoms with E-state index in [4.69, 9.17) is 0 Å². The number of nitrogens with one attached hydrogen (secondary N) is 1. The van der Waals surface area contributed by atoms with Crippen LogP contribution >= 0.6 is 0 Å². The minimum Gasteiger partial charge on any atom is -0.304 e. The topological polar surface area (TPSA) is 42.7 Å². The van der Waals surface area contributed by atoms with Crippen LogP contribution in [0.25, 0.3) is 0 Å². The number of hydrogen-bond acceptors (Lipinski definition) is 3.